The summed E-state index contributed by atoms with van der Waals surface area (Å²) < 4.78 is 7.22. The Morgan fingerprint density at radius 2 is 2.20 bits per heavy atom. The van der Waals surface area contributed by atoms with Gasteiger partial charge in [-0.15, -0.1) is 5.10 Å². The van der Waals surface area contributed by atoms with E-state index in [-0.39, 0.29) is 0 Å². The Morgan fingerprint density at radius 3 is 2.90 bits per heavy atom. The standard InChI is InChI=1S/C13H18ClN5O/c1-9(2)8-20-6-5-19-13(16-17-18-19)11-4-3-10(15)7-12(11)14/h3-4,7,9H,5-6,8,15H2,1-2H3. The van der Waals surface area contributed by atoms with E-state index >= 15 is 0 Å². The van der Waals surface area contributed by atoms with E-state index < -0.39 is 0 Å². The van der Waals surface area contributed by atoms with Crippen molar-refractivity contribution in [2.24, 2.45) is 5.92 Å². The van der Waals surface area contributed by atoms with Crippen molar-refractivity contribution in [3.8, 4) is 11.4 Å². The third kappa shape index (κ3) is 3.68. The van der Waals surface area contributed by atoms with E-state index in [0.29, 0.717) is 35.6 Å². The molecule has 108 valence electrons. The molecular weight excluding hydrogens is 278 g/mol. The average molecular weight is 296 g/mol. The van der Waals surface area contributed by atoms with E-state index in [1.165, 1.54) is 0 Å². The lowest BCUT2D eigenvalue weighted by molar-refractivity contribution is 0.101. The van der Waals surface area contributed by atoms with E-state index in [1.54, 1.807) is 16.8 Å². The quantitative estimate of drug-likeness (QED) is 0.653. The van der Waals surface area contributed by atoms with Crippen LogP contribution in [0.25, 0.3) is 11.4 Å². The number of rotatable bonds is 6. The second-order valence-corrected chi connectivity index (χ2v) is 5.34. The predicted molar refractivity (Wildman–Crippen MR) is 78.3 cm³/mol. The van der Waals surface area contributed by atoms with Gasteiger partial charge in [0.25, 0.3) is 0 Å². The Hall–Kier alpha value is -1.66. The van der Waals surface area contributed by atoms with Gasteiger partial charge >= 0.3 is 0 Å². The molecule has 0 aliphatic carbocycles. The lowest BCUT2D eigenvalue weighted by atomic mass is 10.2. The number of halogens is 1. The molecule has 1 heterocycles. The minimum absolute atomic E-state index is 0.509. The van der Waals surface area contributed by atoms with Gasteiger partial charge in [0.15, 0.2) is 5.82 Å². The molecule has 7 heteroatoms. The Bertz CT molecular complexity index is 570. The molecule has 2 N–H and O–H groups in total. The van der Waals surface area contributed by atoms with Crippen LogP contribution in [-0.2, 0) is 11.3 Å². The van der Waals surface area contributed by atoms with Gasteiger partial charge in [0.1, 0.15) is 0 Å². The van der Waals surface area contributed by atoms with Crippen molar-refractivity contribution in [1.29, 1.82) is 0 Å². The number of aromatic nitrogens is 4. The largest absolute Gasteiger partial charge is 0.399 e. The zero-order chi connectivity index (χ0) is 14.5. The highest BCUT2D eigenvalue weighted by atomic mass is 35.5. The maximum atomic E-state index is 6.18. The summed E-state index contributed by atoms with van der Waals surface area (Å²) in [5.74, 6) is 1.12. The molecule has 2 rings (SSSR count). The van der Waals surface area contributed by atoms with Gasteiger partial charge in [-0.25, -0.2) is 4.68 Å². The van der Waals surface area contributed by atoms with Crippen LogP contribution >= 0.6 is 11.6 Å². The maximum Gasteiger partial charge on any atom is 0.183 e. The minimum Gasteiger partial charge on any atom is -0.399 e. The highest BCUT2D eigenvalue weighted by molar-refractivity contribution is 6.33. The van der Waals surface area contributed by atoms with Crippen LogP contribution in [0.3, 0.4) is 0 Å². The van der Waals surface area contributed by atoms with Gasteiger partial charge in [0.2, 0.25) is 0 Å². The summed E-state index contributed by atoms with van der Waals surface area (Å²) in [6, 6.07) is 5.27. The molecular formula is C13H18ClN5O. The molecule has 2 aromatic rings. The topological polar surface area (TPSA) is 78.8 Å². The van der Waals surface area contributed by atoms with Gasteiger partial charge in [0, 0.05) is 17.9 Å². The van der Waals surface area contributed by atoms with Gasteiger partial charge in [0.05, 0.1) is 18.2 Å². The van der Waals surface area contributed by atoms with Crippen molar-refractivity contribution in [2.45, 2.75) is 20.4 Å². The minimum atomic E-state index is 0.509. The Labute approximate surface area is 122 Å². The molecule has 0 aliphatic rings. The molecule has 0 bridgehead atoms. The first kappa shape index (κ1) is 14.7. The molecule has 0 saturated carbocycles. The van der Waals surface area contributed by atoms with Crippen LogP contribution in [0.1, 0.15) is 13.8 Å². The summed E-state index contributed by atoms with van der Waals surface area (Å²) in [6.45, 7) is 6.08. The van der Waals surface area contributed by atoms with Crippen molar-refractivity contribution < 1.29 is 4.74 Å². The van der Waals surface area contributed by atoms with E-state index in [9.17, 15) is 0 Å². The van der Waals surface area contributed by atoms with Crippen molar-refractivity contribution in [2.75, 3.05) is 18.9 Å². The van der Waals surface area contributed by atoms with Crippen LogP contribution in [0.2, 0.25) is 5.02 Å². The van der Waals surface area contributed by atoms with Crippen molar-refractivity contribution in [3.05, 3.63) is 23.2 Å². The maximum absolute atomic E-state index is 6.18. The average Bonchev–Trinajstić information content (AvgIpc) is 2.82. The van der Waals surface area contributed by atoms with E-state index in [4.69, 9.17) is 22.1 Å². The summed E-state index contributed by atoms with van der Waals surface area (Å²) >= 11 is 6.18. The van der Waals surface area contributed by atoms with Crippen LogP contribution in [0.5, 0.6) is 0 Å². The molecule has 0 aliphatic heterocycles. The molecule has 0 spiro atoms. The summed E-state index contributed by atoms with van der Waals surface area (Å²) in [5.41, 5.74) is 7.05. The summed E-state index contributed by atoms with van der Waals surface area (Å²) in [7, 11) is 0. The molecule has 0 fully saturated rings. The van der Waals surface area contributed by atoms with Gasteiger partial charge in [-0.3, -0.25) is 0 Å². The number of anilines is 1. The Morgan fingerprint density at radius 1 is 1.40 bits per heavy atom. The number of nitrogen functional groups attached to an aromatic ring is 1. The fraction of sp³-hybridized carbons (Fsp3) is 0.462. The summed E-state index contributed by atoms with van der Waals surface area (Å²) in [6.07, 6.45) is 0. The first-order valence-electron chi connectivity index (χ1n) is 6.47. The van der Waals surface area contributed by atoms with E-state index in [1.807, 2.05) is 6.07 Å². The molecule has 0 radical (unpaired) electrons. The Balaban J connectivity index is 2.08. The zero-order valence-corrected chi connectivity index (χ0v) is 12.3. The van der Waals surface area contributed by atoms with Crippen molar-refractivity contribution in [3.63, 3.8) is 0 Å². The molecule has 6 nitrogen and oxygen atoms in total. The lowest BCUT2D eigenvalue weighted by Gasteiger charge is -2.08. The number of nitrogens with two attached hydrogens (primary N) is 1. The molecule has 0 amide bonds. The van der Waals surface area contributed by atoms with Gasteiger partial charge < -0.3 is 10.5 Å². The SMILES string of the molecule is CC(C)COCCn1nnnc1-c1ccc(N)cc1Cl. The van der Waals surface area contributed by atoms with Crippen LogP contribution in [0, 0.1) is 5.92 Å². The van der Waals surface area contributed by atoms with Crippen LogP contribution < -0.4 is 5.73 Å². The third-order valence-corrected chi connectivity index (χ3v) is 2.98. The van der Waals surface area contributed by atoms with Crippen LogP contribution in [-0.4, -0.2) is 33.4 Å². The molecule has 0 saturated heterocycles. The van der Waals surface area contributed by atoms with E-state index in [0.717, 1.165) is 12.2 Å². The molecule has 0 atom stereocenters. The normalized spacial score (nSPS) is 11.2. The van der Waals surface area contributed by atoms with Crippen LogP contribution in [0.15, 0.2) is 18.2 Å². The number of tetrazole rings is 1. The predicted octanol–water partition coefficient (Wildman–Crippen LogP) is 2.25. The highest BCUT2D eigenvalue weighted by Crippen LogP contribution is 2.27. The molecule has 0 unspecified atom stereocenters. The Kier molecular flexibility index (Phi) is 4.92. The lowest BCUT2D eigenvalue weighted by Crippen LogP contribution is -2.11. The van der Waals surface area contributed by atoms with Gasteiger partial charge in [-0.1, -0.05) is 25.4 Å². The summed E-state index contributed by atoms with van der Waals surface area (Å²) in [4.78, 5) is 0. The number of nitrogens with zero attached hydrogens (tertiary/aromatic N) is 4. The zero-order valence-electron chi connectivity index (χ0n) is 11.6. The fourth-order valence-corrected chi connectivity index (χ4v) is 2.00. The second kappa shape index (κ2) is 6.67. The van der Waals surface area contributed by atoms with Crippen LogP contribution in [0.4, 0.5) is 5.69 Å². The molecule has 20 heavy (non-hydrogen) atoms. The number of benzene rings is 1. The monoisotopic (exact) mass is 295 g/mol. The third-order valence-electron chi connectivity index (χ3n) is 2.66. The van der Waals surface area contributed by atoms with Gasteiger partial charge in [-0.05, 0) is 34.5 Å². The molecule has 1 aromatic heterocycles. The number of hydrogen-bond acceptors (Lipinski definition) is 5. The fourth-order valence-electron chi connectivity index (χ4n) is 1.73. The van der Waals surface area contributed by atoms with Gasteiger partial charge in [-0.2, -0.15) is 0 Å². The highest BCUT2D eigenvalue weighted by Gasteiger charge is 2.12. The number of hydrogen-bond donors (Lipinski definition) is 1. The van der Waals surface area contributed by atoms with Crippen molar-refractivity contribution in [1.82, 2.24) is 20.2 Å². The number of ether oxygens (including phenoxy) is 1. The summed E-state index contributed by atoms with van der Waals surface area (Å²) in [5, 5.41) is 12.2. The van der Waals surface area contributed by atoms with Crippen molar-refractivity contribution >= 4 is 17.3 Å². The second-order valence-electron chi connectivity index (χ2n) is 4.93. The van der Waals surface area contributed by atoms with E-state index in [2.05, 4.69) is 29.4 Å². The first-order valence-corrected chi connectivity index (χ1v) is 6.85. The smallest absolute Gasteiger partial charge is 0.183 e. The first-order chi connectivity index (χ1) is 9.58. The molecule has 1 aromatic carbocycles.